The first-order valence-electron chi connectivity index (χ1n) is 12.4. The molecule has 1 nitrogen and oxygen atoms in total. The molecule has 0 radical (unpaired) electrons. The Morgan fingerprint density at radius 3 is 1.97 bits per heavy atom. The van der Waals surface area contributed by atoms with Crippen molar-refractivity contribution in [3.63, 3.8) is 0 Å². The third-order valence-electron chi connectivity index (χ3n) is 6.70. The zero-order valence-electron chi connectivity index (χ0n) is 19.9. The standard InChI is InChI=1S/C29H44O/c1-5-7-9-10-11-12-14-19-24(18-8-6-2)26-22-17-23-27(30)28(26)29(3,4)25-20-15-13-16-21-25/h13,15-17,20-24,30H,5-12,14,18-19H2,1-4H3. The molecule has 1 unspecified atom stereocenters. The number of hydrogen-bond donors (Lipinski definition) is 1. The first kappa shape index (κ1) is 24.5. The zero-order valence-corrected chi connectivity index (χ0v) is 19.9. The van der Waals surface area contributed by atoms with E-state index in [1.165, 1.54) is 81.8 Å². The number of benzene rings is 2. The summed E-state index contributed by atoms with van der Waals surface area (Å²) >= 11 is 0. The highest BCUT2D eigenvalue weighted by Crippen LogP contribution is 2.43. The van der Waals surface area contributed by atoms with Crippen LogP contribution in [-0.4, -0.2) is 5.11 Å². The van der Waals surface area contributed by atoms with Crippen LogP contribution in [0.4, 0.5) is 0 Å². The molecule has 0 aliphatic heterocycles. The number of unbranched alkanes of at least 4 members (excludes halogenated alkanes) is 7. The van der Waals surface area contributed by atoms with Gasteiger partial charge in [-0.15, -0.1) is 0 Å². The molecule has 166 valence electrons. The van der Waals surface area contributed by atoms with E-state index in [2.05, 4.69) is 64.1 Å². The Balaban J connectivity index is 2.21. The van der Waals surface area contributed by atoms with Gasteiger partial charge in [-0.2, -0.15) is 0 Å². The summed E-state index contributed by atoms with van der Waals surface area (Å²) in [6, 6.07) is 16.8. The molecule has 2 aromatic carbocycles. The predicted molar refractivity (Wildman–Crippen MR) is 132 cm³/mol. The monoisotopic (exact) mass is 408 g/mol. The van der Waals surface area contributed by atoms with Crippen LogP contribution in [0.15, 0.2) is 48.5 Å². The van der Waals surface area contributed by atoms with Crippen LogP contribution in [0.5, 0.6) is 5.75 Å². The van der Waals surface area contributed by atoms with Gasteiger partial charge in [0.2, 0.25) is 0 Å². The lowest BCUT2D eigenvalue weighted by Gasteiger charge is -2.32. The molecule has 0 spiro atoms. The largest absolute Gasteiger partial charge is 0.508 e. The van der Waals surface area contributed by atoms with Crippen molar-refractivity contribution >= 4 is 0 Å². The molecule has 0 aliphatic rings. The van der Waals surface area contributed by atoms with Crippen LogP contribution in [0.2, 0.25) is 0 Å². The average molecular weight is 409 g/mol. The second-order valence-electron chi connectivity index (χ2n) is 9.48. The van der Waals surface area contributed by atoms with E-state index in [0.717, 1.165) is 5.56 Å². The summed E-state index contributed by atoms with van der Waals surface area (Å²) in [7, 11) is 0. The SMILES string of the molecule is CCCCCCCCCC(CCCC)c1cccc(O)c1C(C)(C)c1ccccc1. The van der Waals surface area contributed by atoms with Gasteiger partial charge in [0.15, 0.2) is 0 Å². The lowest BCUT2D eigenvalue weighted by atomic mass is 9.72. The van der Waals surface area contributed by atoms with Crippen LogP contribution < -0.4 is 0 Å². The quantitative estimate of drug-likeness (QED) is 0.309. The molecule has 0 heterocycles. The Bertz CT molecular complexity index is 716. The summed E-state index contributed by atoms with van der Waals surface area (Å²) in [4.78, 5) is 0. The minimum Gasteiger partial charge on any atom is -0.508 e. The third kappa shape index (κ3) is 6.89. The highest BCUT2D eigenvalue weighted by Gasteiger charge is 2.31. The summed E-state index contributed by atoms with van der Waals surface area (Å²) < 4.78 is 0. The summed E-state index contributed by atoms with van der Waals surface area (Å²) in [6.07, 6.45) is 14.4. The minimum absolute atomic E-state index is 0.216. The highest BCUT2D eigenvalue weighted by atomic mass is 16.3. The molecule has 30 heavy (non-hydrogen) atoms. The predicted octanol–water partition coefficient (Wildman–Crippen LogP) is 9.13. The van der Waals surface area contributed by atoms with E-state index in [9.17, 15) is 5.11 Å². The van der Waals surface area contributed by atoms with Gasteiger partial charge >= 0.3 is 0 Å². The number of hydrogen-bond acceptors (Lipinski definition) is 1. The van der Waals surface area contributed by atoms with Crippen molar-refractivity contribution in [1.82, 2.24) is 0 Å². The molecule has 1 N–H and O–H groups in total. The Morgan fingerprint density at radius 1 is 0.700 bits per heavy atom. The molecule has 0 aromatic heterocycles. The summed E-state index contributed by atoms with van der Waals surface area (Å²) in [5.74, 6) is 0.980. The lowest BCUT2D eigenvalue weighted by molar-refractivity contribution is 0.441. The van der Waals surface area contributed by atoms with Crippen molar-refractivity contribution in [3.8, 4) is 5.75 Å². The van der Waals surface area contributed by atoms with Crippen LogP contribution in [0.1, 0.15) is 121 Å². The van der Waals surface area contributed by atoms with Crippen molar-refractivity contribution in [3.05, 3.63) is 65.2 Å². The molecular formula is C29H44O. The highest BCUT2D eigenvalue weighted by molar-refractivity contribution is 5.51. The molecule has 0 aliphatic carbocycles. The molecule has 0 saturated heterocycles. The molecule has 1 heteroatoms. The van der Waals surface area contributed by atoms with Gasteiger partial charge in [-0.1, -0.05) is 128 Å². The normalized spacial score (nSPS) is 12.8. The van der Waals surface area contributed by atoms with Crippen LogP contribution in [0, 0.1) is 0 Å². The van der Waals surface area contributed by atoms with Gasteiger partial charge in [0.1, 0.15) is 5.75 Å². The van der Waals surface area contributed by atoms with Gasteiger partial charge in [0, 0.05) is 11.0 Å². The number of aromatic hydroxyl groups is 1. The van der Waals surface area contributed by atoms with Crippen LogP contribution in [0.25, 0.3) is 0 Å². The fraction of sp³-hybridized carbons (Fsp3) is 0.586. The van der Waals surface area contributed by atoms with E-state index in [1.54, 1.807) is 0 Å². The summed E-state index contributed by atoms with van der Waals surface area (Å²) in [6.45, 7) is 9.07. The third-order valence-corrected chi connectivity index (χ3v) is 6.70. The Morgan fingerprint density at radius 2 is 1.30 bits per heavy atom. The van der Waals surface area contributed by atoms with Crippen molar-refractivity contribution in [2.75, 3.05) is 0 Å². The van der Waals surface area contributed by atoms with Crippen molar-refractivity contribution < 1.29 is 5.11 Å². The molecule has 2 aromatic rings. The van der Waals surface area contributed by atoms with E-state index >= 15 is 0 Å². The Labute approximate surface area is 185 Å². The van der Waals surface area contributed by atoms with Crippen LogP contribution in [-0.2, 0) is 5.41 Å². The number of rotatable bonds is 14. The van der Waals surface area contributed by atoms with Gasteiger partial charge in [-0.3, -0.25) is 0 Å². The van der Waals surface area contributed by atoms with E-state index in [-0.39, 0.29) is 5.41 Å². The maximum atomic E-state index is 11.0. The first-order chi connectivity index (χ1) is 14.5. The smallest absolute Gasteiger partial charge is 0.119 e. The van der Waals surface area contributed by atoms with E-state index in [4.69, 9.17) is 0 Å². The molecule has 0 saturated carbocycles. The van der Waals surface area contributed by atoms with Crippen molar-refractivity contribution in [2.45, 2.75) is 110 Å². The molecule has 0 bridgehead atoms. The van der Waals surface area contributed by atoms with Gasteiger partial charge < -0.3 is 5.11 Å². The fourth-order valence-corrected chi connectivity index (χ4v) is 4.83. The summed E-state index contributed by atoms with van der Waals surface area (Å²) in [5.41, 5.74) is 3.54. The second-order valence-corrected chi connectivity index (χ2v) is 9.48. The molecule has 0 fully saturated rings. The van der Waals surface area contributed by atoms with Crippen LogP contribution >= 0.6 is 0 Å². The Hall–Kier alpha value is -1.76. The first-order valence-corrected chi connectivity index (χ1v) is 12.4. The van der Waals surface area contributed by atoms with E-state index in [0.29, 0.717) is 11.7 Å². The second kappa shape index (κ2) is 12.8. The zero-order chi connectivity index (χ0) is 21.8. The average Bonchev–Trinajstić information content (AvgIpc) is 2.75. The maximum absolute atomic E-state index is 11.0. The van der Waals surface area contributed by atoms with Gasteiger partial charge in [-0.05, 0) is 36.0 Å². The maximum Gasteiger partial charge on any atom is 0.119 e. The van der Waals surface area contributed by atoms with Crippen molar-refractivity contribution in [1.29, 1.82) is 0 Å². The van der Waals surface area contributed by atoms with Crippen LogP contribution in [0.3, 0.4) is 0 Å². The molecule has 0 amide bonds. The van der Waals surface area contributed by atoms with Gasteiger partial charge in [0.05, 0.1) is 0 Å². The Kier molecular flexibility index (Phi) is 10.5. The topological polar surface area (TPSA) is 20.2 Å². The van der Waals surface area contributed by atoms with E-state index < -0.39 is 0 Å². The van der Waals surface area contributed by atoms with Crippen molar-refractivity contribution in [2.24, 2.45) is 0 Å². The molecule has 1 atom stereocenters. The number of phenols is 1. The lowest BCUT2D eigenvalue weighted by Crippen LogP contribution is -2.22. The minimum atomic E-state index is -0.216. The fourth-order valence-electron chi connectivity index (χ4n) is 4.83. The number of phenolic OH excluding ortho intramolecular Hbond substituents is 1. The summed E-state index contributed by atoms with van der Waals surface area (Å²) in [5, 5.41) is 11.0. The van der Waals surface area contributed by atoms with E-state index in [1.807, 2.05) is 12.1 Å². The van der Waals surface area contributed by atoms with Gasteiger partial charge in [-0.25, -0.2) is 0 Å². The van der Waals surface area contributed by atoms with Gasteiger partial charge in [0.25, 0.3) is 0 Å². The molecular weight excluding hydrogens is 364 g/mol. The molecule has 2 rings (SSSR count).